The van der Waals surface area contributed by atoms with Crippen LogP contribution in [0.4, 0.5) is 4.39 Å². The van der Waals surface area contributed by atoms with Gasteiger partial charge in [0, 0.05) is 6.61 Å². The maximum Gasteiger partial charge on any atom is 0.135 e. The molecule has 96 valence electrons. The van der Waals surface area contributed by atoms with E-state index in [1.165, 1.54) is 12.1 Å². The Morgan fingerprint density at radius 2 is 2.39 bits per heavy atom. The average molecular weight is 249 g/mol. The van der Waals surface area contributed by atoms with Gasteiger partial charge in [-0.05, 0) is 31.0 Å². The van der Waals surface area contributed by atoms with Crippen molar-refractivity contribution >= 4 is 0 Å². The molecule has 0 radical (unpaired) electrons. The van der Waals surface area contributed by atoms with E-state index < -0.39 is 0 Å². The van der Waals surface area contributed by atoms with Crippen LogP contribution in [0.5, 0.6) is 5.75 Å². The van der Waals surface area contributed by atoms with Crippen LogP contribution >= 0.6 is 0 Å². The van der Waals surface area contributed by atoms with Gasteiger partial charge in [0.15, 0.2) is 0 Å². The Morgan fingerprint density at radius 3 is 3.11 bits per heavy atom. The minimum atomic E-state index is -0.333. The number of rotatable bonds is 3. The third kappa shape index (κ3) is 3.46. The minimum Gasteiger partial charge on any atom is -0.490 e. The van der Waals surface area contributed by atoms with Gasteiger partial charge in [-0.2, -0.15) is 0 Å². The van der Waals surface area contributed by atoms with Gasteiger partial charge in [-0.1, -0.05) is 11.8 Å². The second kappa shape index (κ2) is 6.39. The lowest BCUT2D eigenvalue weighted by molar-refractivity contribution is 0.0678. The molecular formula is C14H16FNO2. The summed E-state index contributed by atoms with van der Waals surface area (Å²) in [6.07, 6.45) is 2.20. The molecule has 1 aromatic carbocycles. The highest BCUT2D eigenvalue weighted by Gasteiger charge is 2.16. The lowest BCUT2D eigenvalue weighted by Crippen LogP contribution is -2.16. The van der Waals surface area contributed by atoms with Crippen LogP contribution in [0.15, 0.2) is 18.2 Å². The third-order valence-corrected chi connectivity index (χ3v) is 2.72. The van der Waals surface area contributed by atoms with Crippen molar-refractivity contribution in [1.29, 1.82) is 0 Å². The van der Waals surface area contributed by atoms with E-state index in [-0.39, 0.29) is 18.5 Å². The van der Waals surface area contributed by atoms with E-state index in [4.69, 9.17) is 15.2 Å². The summed E-state index contributed by atoms with van der Waals surface area (Å²) in [6, 6.07) is 4.30. The van der Waals surface area contributed by atoms with Crippen molar-refractivity contribution in [3.05, 3.63) is 29.6 Å². The highest BCUT2D eigenvalue weighted by atomic mass is 19.1. The summed E-state index contributed by atoms with van der Waals surface area (Å²) in [7, 11) is 0. The van der Waals surface area contributed by atoms with Crippen molar-refractivity contribution < 1.29 is 13.9 Å². The van der Waals surface area contributed by atoms with Crippen molar-refractivity contribution in [2.75, 3.05) is 19.8 Å². The number of ether oxygens (including phenoxy) is 2. The molecule has 1 fully saturated rings. The summed E-state index contributed by atoms with van der Waals surface area (Å²) in [4.78, 5) is 0. The van der Waals surface area contributed by atoms with Gasteiger partial charge in [0.05, 0.1) is 18.2 Å². The molecular weight excluding hydrogens is 233 g/mol. The standard InChI is InChI=1S/C14H16FNO2/c15-12-5-6-14(11(9-12)3-1-7-16)18-10-13-4-2-8-17-13/h5-6,9,13H,2,4,7-8,10,16H2. The molecule has 18 heavy (non-hydrogen) atoms. The predicted octanol–water partition coefficient (Wildman–Crippen LogP) is 1.69. The second-order valence-corrected chi connectivity index (χ2v) is 4.09. The molecule has 1 unspecified atom stereocenters. The van der Waals surface area contributed by atoms with Crippen LogP contribution in [-0.2, 0) is 4.74 Å². The predicted molar refractivity (Wildman–Crippen MR) is 66.8 cm³/mol. The molecule has 2 N–H and O–H groups in total. The second-order valence-electron chi connectivity index (χ2n) is 4.09. The van der Waals surface area contributed by atoms with Crippen LogP contribution in [0, 0.1) is 17.7 Å². The molecule has 0 aromatic heterocycles. The number of halogens is 1. The molecule has 0 bridgehead atoms. The summed E-state index contributed by atoms with van der Waals surface area (Å²) in [5.41, 5.74) is 5.84. The summed E-state index contributed by atoms with van der Waals surface area (Å²) < 4.78 is 24.2. The van der Waals surface area contributed by atoms with Gasteiger partial charge in [-0.25, -0.2) is 4.39 Å². The van der Waals surface area contributed by atoms with Crippen molar-refractivity contribution in [2.24, 2.45) is 5.73 Å². The summed E-state index contributed by atoms with van der Waals surface area (Å²) >= 11 is 0. The van der Waals surface area contributed by atoms with Crippen LogP contribution in [0.2, 0.25) is 0 Å². The van der Waals surface area contributed by atoms with Crippen LogP contribution in [0.25, 0.3) is 0 Å². The topological polar surface area (TPSA) is 44.5 Å². The fourth-order valence-corrected chi connectivity index (χ4v) is 1.83. The Kier molecular flexibility index (Phi) is 4.57. The minimum absolute atomic E-state index is 0.130. The quantitative estimate of drug-likeness (QED) is 0.829. The van der Waals surface area contributed by atoms with Gasteiger partial charge in [0.2, 0.25) is 0 Å². The normalized spacial score (nSPS) is 18.2. The monoisotopic (exact) mass is 249 g/mol. The van der Waals surface area contributed by atoms with E-state index in [1.54, 1.807) is 6.07 Å². The smallest absolute Gasteiger partial charge is 0.135 e. The van der Waals surface area contributed by atoms with Crippen LogP contribution in [-0.4, -0.2) is 25.9 Å². The number of hydrogen-bond donors (Lipinski definition) is 1. The van der Waals surface area contributed by atoms with Gasteiger partial charge in [-0.15, -0.1) is 0 Å². The summed E-state index contributed by atoms with van der Waals surface area (Å²) in [6.45, 7) is 1.50. The Morgan fingerprint density at radius 1 is 1.50 bits per heavy atom. The maximum absolute atomic E-state index is 13.1. The van der Waals surface area contributed by atoms with Crippen LogP contribution < -0.4 is 10.5 Å². The number of nitrogens with two attached hydrogens (primary N) is 1. The molecule has 3 nitrogen and oxygen atoms in total. The van der Waals surface area contributed by atoms with E-state index >= 15 is 0 Å². The van der Waals surface area contributed by atoms with Crippen LogP contribution in [0.3, 0.4) is 0 Å². The molecule has 1 atom stereocenters. The Bertz CT molecular complexity index is 459. The first kappa shape index (κ1) is 12.9. The molecule has 4 heteroatoms. The fourth-order valence-electron chi connectivity index (χ4n) is 1.83. The first-order valence-electron chi connectivity index (χ1n) is 6.02. The Hall–Kier alpha value is -1.57. The molecule has 1 heterocycles. The van der Waals surface area contributed by atoms with Gasteiger partial charge < -0.3 is 15.2 Å². The molecule has 1 aliphatic heterocycles. The lowest BCUT2D eigenvalue weighted by Gasteiger charge is -2.12. The number of hydrogen-bond acceptors (Lipinski definition) is 3. The van der Waals surface area contributed by atoms with Gasteiger partial charge in [-0.3, -0.25) is 0 Å². The van der Waals surface area contributed by atoms with Crippen molar-refractivity contribution in [3.8, 4) is 17.6 Å². The zero-order valence-electron chi connectivity index (χ0n) is 10.1. The first-order chi connectivity index (χ1) is 8.79. The van der Waals surface area contributed by atoms with E-state index in [2.05, 4.69) is 11.8 Å². The summed E-state index contributed by atoms with van der Waals surface area (Å²) in [5, 5.41) is 0. The zero-order chi connectivity index (χ0) is 12.8. The van der Waals surface area contributed by atoms with Gasteiger partial charge in [0.25, 0.3) is 0 Å². The van der Waals surface area contributed by atoms with Crippen molar-refractivity contribution in [3.63, 3.8) is 0 Å². The van der Waals surface area contributed by atoms with Crippen molar-refractivity contribution in [2.45, 2.75) is 18.9 Å². The molecule has 1 aliphatic rings. The molecule has 0 aliphatic carbocycles. The van der Waals surface area contributed by atoms with Crippen molar-refractivity contribution in [1.82, 2.24) is 0 Å². The van der Waals surface area contributed by atoms with E-state index in [9.17, 15) is 4.39 Å². The largest absolute Gasteiger partial charge is 0.490 e. The van der Waals surface area contributed by atoms with E-state index in [0.717, 1.165) is 19.4 Å². The Labute approximate surface area is 106 Å². The molecule has 1 aromatic rings. The average Bonchev–Trinajstić information content (AvgIpc) is 2.88. The third-order valence-electron chi connectivity index (χ3n) is 2.72. The molecule has 0 saturated carbocycles. The van der Waals surface area contributed by atoms with E-state index in [0.29, 0.717) is 17.9 Å². The summed E-state index contributed by atoms with van der Waals surface area (Å²) in [5.74, 6) is 5.75. The number of benzene rings is 1. The molecule has 2 rings (SSSR count). The van der Waals surface area contributed by atoms with Crippen LogP contribution in [0.1, 0.15) is 18.4 Å². The molecule has 1 saturated heterocycles. The first-order valence-corrected chi connectivity index (χ1v) is 6.02. The lowest BCUT2D eigenvalue weighted by atomic mass is 10.2. The highest BCUT2D eigenvalue weighted by Crippen LogP contribution is 2.20. The molecule has 0 amide bonds. The fraction of sp³-hybridized carbons (Fsp3) is 0.429. The highest BCUT2D eigenvalue weighted by molar-refractivity contribution is 5.46. The zero-order valence-corrected chi connectivity index (χ0v) is 10.1. The Balaban J connectivity index is 2.05. The van der Waals surface area contributed by atoms with Gasteiger partial charge >= 0.3 is 0 Å². The van der Waals surface area contributed by atoms with E-state index in [1.807, 2.05) is 0 Å². The SMILES string of the molecule is NCC#Cc1cc(F)ccc1OCC1CCCO1. The maximum atomic E-state index is 13.1. The molecule has 0 spiro atoms. The van der Waals surface area contributed by atoms with Gasteiger partial charge in [0.1, 0.15) is 18.2 Å².